The molecule has 0 amide bonds. The van der Waals surface area contributed by atoms with Crippen LogP contribution < -0.4 is 0 Å². The smallest absolute Gasteiger partial charge is 0.0706 e. The highest BCUT2D eigenvalue weighted by atomic mass is 15.4. The number of hydrogen-bond acceptors (Lipinski definition) is 2. The Labute approximate surface area is 90.8 Å². The summed E-state index contributed by atoms with van der Waals surface area (Å²) in [6.45, 7) is 2.19. The molecule has 2 heteroatoms. The average Bonchev–Trinajstić information content (AvgIpc) is 2.52. The van der Waals surface area contributed by atoms with E-state index in [1.54, 1.807) is 0 Å². The Morgan fingerprint density at radius 3 is 3.07 bits per heavy atom. The second-order valence-electron chi connectivity index (χ2n) is 4.50. The molecule has 15 heavy (non-hydrogen) atoms. The van der Waals surface area contributed by atoms with Crippen LogP contribution in [0.2, 0.25) is 0 Å². The van der Waals surface area contributed by atoms with Crippen LogP contribution in [0.5, 0.6) is 0 Å². The first-order valence-corrected chi connectivity index (χ1v) is 5.53. The van der Waals surface area contributed by atoms with E-state index < -0.39 is 0 Å². The molecule has 1 atom stereocenters. The van der Waals surface area contributed by atoms with E-state index >= 15 is 0 Å². The van der Waals surface area contributed by atoms with Crippen molar-refractivity contribution in [1.29, 1.82) is 0 Å². The van der Waals surface area contributed by atoms with Crippen molar-refractivity contribution in [3.05, 3.63) is 47.7 Å². The third-order valence-electron chi connectivity index (χ3n) is 3.34. The van der Waals surface area contributed by atoms with E-state index in [1.165, 1.54) is 11.1 Å². The van der Waals surface area contributed by atoms with Crippen LogP contribution in [0.4, 0.5) is 0 Å². The van der Waals surface area contributed by atoms with Gasteiger partial charge in [0.25, 0.3) is 0 Å². The maximum atomic E-state index is 2.44. The lowest BCUT2D eigenvalue weighted by atomic mass is 9.99. The van der Waals surface area contributed by atoms with Gasteiger partial charge in [-0.15, -0.1) is 0 Å². The Morgan fingerprint density at radius 1 is 1.27 bits per heavy atom. The second kappa shape index (κ2) is 3.38. The van der Waals surface area contributed by atoms with Gasteiger partial charge in [0.05, 0.1) is 12.7 Å². The van der Waals surface area contributed by atoms with Gasteiger partial charge in [-0.25, -0.2) is 0 Å². The van der Waals surface area contributed by atoms with Crippen molar-refractivity contribution in [3.8, 4) is 0 Å². The van der Waals surface area contributed by atoms with E-state index in [-0.39, 0.29) is 0 Å². The lowest BCUT2D eigenvalue weighted by Gasteiger charge is -2.21. The zero-order valence-corrected chi connectivity index (χ0v) is 9.06. The van der Waals surface area contributed by atoms with Gasteiger partial charge in [-0.3, -0.25) is 4.90 Å². The van der Waals surface area contributed by atoms with Crippen molar-refractivity contribution in [2.75, 3.05) is 20.3 Å². The lowest BCUT2D eigenvalue weighted by Crippen LogP contribution is -2.18. The summed E-state index contributed by atoms with van der Waals surface area (Å²) < 4.78 is 0. The largest absolute Gasteiger partial charge is 0.357 e. The van der Waals surface area contributed by atoms with Crippen LogP contribution >= 0.6 is 0 Å². The average molecular weight is 200 g/mol. The standard InChI is InChI=1S/C13H16N2/c1-14-9-13-12-7-3-2-5-11(12)6-4-8-15(13)10-14/h2-5,7-8,13H,6,9-10H2,1H3. The molecular formula is C13H16N2. The summed E-state index contributed by atoms with van der Waals surface area (Å²) in [6, 6.07) is 9.38. The molecule has 0 spiro atoms. The number of hydrogen-bond donors (Lipinski definition) is 0. The minimum atomic E-state index is 0.560. The summed E-state index contributed by atoms with van der Waals surface area (Å²) in [5.74, 6) is 0. The molecule has 2 nitrogen and oxygen atoms in total. The van der Waals surface area contributed by atoms with Crippen LogP contribution in [0.25, 0.3) is 0 Å². The Hall–Kier alpha value is -1.28. The molecule has 1 saturated heterocycles. The minimum Gasteiger partial charge on any atom is -0.357 e. The molecule has 2 heterocycles. The molecule has 0 bridgehead atoms. The lowest BCUT2D eigenvalue weighted by molar-refractivity contribution is 0.321. The molecule has 0 aromatic heterocycles. The summed E-state index contributed by atoms with van der Waals surface area (Å²) >= 11 is 0. The molecule has 0 aliphatic carbocycles. The second-order valence-corrected chi connectivity index (χ2v) is 4.50. The Morgan fingerprint density at radius 2 is 2.13 bits per heavy atom. The summed E-state index contributed by atoms with van der Waals surface area (Å²) in [4.78, 5) is 4.81. The van der Waals surface area contributed by atoms with Gasteiger partial charge in [-0.05, 0) is 30.8 Å². The van der Waals surface area contributed by atoms with Crippen molar-refractivity contribution in [3.63, 3.8) is 0 Å². The van der Waals surface area contributed by atoms with Crippen molar-refractivity contribution in [2.24, 2.45) is 0 Å². The number of allylic oxidation sites excluding steroid dienone is 1. The molecule has 0 radical (unpaired) electrons. The highest BCUT2D eigenvalue weighted by Gasteiger charge is 2.29. The molecule has 1 unspecified atom stereocenters. The first-order valence-electron chi connectivity index (χ1n) is 5.53. The zero-order valence-electron chi connectivity index (χ0n) is 9.06. The topological polar surface area (TPSA) is 6.48 Å². The Bertz CT molecular complexity index is 397. The van der Waals surface area contributed by atoms with Crippen LogP contribution in [0.1, 0.15) is 17.2 Å². The maximum absolute atomic E-state index is 2.44. The van der Waals surface area contributed by atoms with Crippen LogP contribution in [0.15, 0.2) is 36.5 Å². The fourth-order valence-corrected chi connectivity index (χ4v) is 2.62. The van der Waals surface area contributed by atoms with E-state index in [2.05, 4.69) is 53.4 Å². The first kappa shape index (κ1) is 8.98. The van der Waals surface area contributed by atoms with Crippen molar-refractivity contribution >= 4 is 0 Å². The van der Waals surface area contributed by atoms with Gasteiger partial charge >= 0.3 is 0 Å². The molecule has 0 saturated carbocycles. The van der Waals surface area contributed by atoms with E-state index in [1.807, 2.05) is 0 Å². The van der Waals surface area contributed by atoms with Gasteiger partial charge in [-0.1, -0.05) is 30.3 Å². The molecule has 2 aliphatic rings. The molecule has 0 N–H and O–H groups in total. The highest BCUT2D eigenvalue weighted by molar-refractivity contribution is 5.34. The maximum Gasteiger partial charge on any atom is 0.0706 e. The third-order valence-corrected chi connectivity index (χ3v) is 3.34. The van der Waals surface area contributed by atoms with Crippen LogP contribution in [0, 0.1) is 0 Å². The Balaban J connectivity index is 2.06. The van der Waals surface area contributed by atoms with Crippen LogP contribution in [-0.4, -0.2) is 30.1 Å². The monoisotopic (exact) mass is 200 g/mol. The number of nitrogens with zero attached hydrogens (tertiary/aromatic N) is 2. The molecule has 1 aromatic carbocycles. The van der Waals surface area contributed by atoms with Crippen LogP contribution in [0.3, 0.4) is 0 Å². The minimum absolute atomic E-state index is 0.560. The van der Waals surface area contributed by atoms with Crippen molar-refractivity contribution < 1.29 is 0 Å². The fraction of sp³-hybridized carbons (Fsp3) is 0.385. The van der Waals surface area contributed by atoms with Crippen molar-refractivity contribution in [1.82, 2.24) is 9.80 Å². The SMILES string of the molecule is CN1CC2c3ccccc3CC=CN2C1. The normalized spacial score (nSPS) is 24.9. The third kappa shape index (κ3) is 1.45. The summed E-state index contributed by atoms with van der Waals surface area (Å²) in [6.07, 6.45) is 5.61. The number of benzene rings is 1. The van der Waals surface area contributed by atoms with Gasteiger partial charge < -0.3 is 4.90 Å². The van der Waals surface area contributed by atoms with Gasteiger partial charge in [0.15, 0.2) is 0 Å². The van der Waals surface area contributed by atoms with Gasteiger partial charge in [0, 0.05) is 6.54 Å². The van der Waals surface area contributed by atoms with E-state index in [9.17, 15) is 0 Å². The predicted octanol–water partition coefficient (Wildman–Crippen LogP) is 2.00. The van der Waals surface area contributed by atoms with E-state index in [0.717, 1.165) is 19.6 Å². The number of likely N-dealkylation sites (N-methyl/N-ethyl adjacent to an activating group) is 1. The predicted molar refractivity (Wildman–Crippen MR) is 61.4 cm³/mol. The number of rotatable bonds is 0. The highest BCUT2D eigenvalue weighted by Crippen LogP contribution is 2.32. The molecule has 1 aromatic rings. The van der Waals surface area contributed by atoms with Crippen molar-refractivity contribution in [2.45, 2.75) is 12.5 Å². The fourth-order valence-electron chi connectivity index (χ4n) is 2.62. The molecular weight excluding hydrogens is 184 g/mol. The summed E-state index contributed by atoms with van der Waals surface area (Å²) in [7, 11) is 2.19. The zero-order chi connectivity index (χ0) is 10.3. The van der Waals surface area contributed by atoms with E-state index in [0.29, 0.717) is 6.04 Å². The van der Waals surface area contributed by atoms with Gasteiger partial charge in [-0.2, -0.15) is 0 Å². The molecule has 3 rings (SSSR count). The summed E-state index contributed by atoms with van der Waals surface area (Å²) in [5.41, 5.74) is 2.99. The quantitative estimate of drug-likeness (QED) is 0.632. The number of fused-ring (bicyclic) bond motifs is 3. The first-order chi connectivity index (χ1) is 7.34. The molecule has 1 fully saturated rings. The van der Waals surface area contributed by atoms with Crippen LogP contribution in [-0.2, 0) is 6.42 Å². The van der Waals surface area contributed by atoms with E-state index in [4.69, 9.17) is 0 Å². The van der Waals surface area contributed by atoms with Gasteiger partial charge in [0.1, 0.15) is 0 Å². The van der Waals surface area contributed by atoms with Gasteiger partial charge in [0.2, 0.25) is 0 Å². The molecule has 78 valence electrons. The summed E-state index contributed by atoms with van der Waals surface area (Å²) in [5, 5.41) is 0. The molecule has 2 aliphatic heterocycles. The Kier molecular flexibility index (Phi) is 2.03.